The molecule has 6 nitrogen and oxygen atoms in total. The Morgan fingerprint density at radius 2 is 1.91 bits per heavy atom. The smallest absolute Gasteiger partial charge is 0.229 e. The Morgan fingerprint density at radius 1 is 1.12 bits per heavy atom. The number of rotatable bonds is 8. The highest BCUT2D eigenvalue weighted by Crippen LogP contribution is 2.32. The summed E-state index contributed by atoms with van der Waals surface area (Å²) in [7, 11) is -3.62. The molecule has 0 radical (unpaired) electrons. The van der Waals surface area contributed by atoms with E-state index in [9.17, 15) is 17.6 Å². The number of amides is 1. The van der Waals surface area contributed by atoms with Gasteiger partial charge in [-0.3, -0.25) is 14.7 Å². The second-order valence-electron chi connectivity index (χ2n) is 7.33. The number of halogens is 2. The number of sulfone groups is 1. The highest BCUT2D eigenvalue weighted by Gasteiger charge is 2.22. The van der Waals surface area contributed by atoms with E-state index < -0.39 is 15.7 Å². The number of anilines is 1. The average molecular weight is 504 g/mol. The highest BCUT2D eigenvalue weighted by molar-refractivity contribution is 7.91. The van der Waals surface area contributed by atoms with Crippen molar-refractivity contribution in [2.24, 2.45) is 0 Å². The molecule has 0 saturated heterocycles. The monoisotopic (exact) mass is 503 g/mol. The van der Waals surface area contributed by atoms with Crippen LogP contribution in [-0.2, 0) is 21.2 Å². The molecule has 0 atom stereocenters. The standard InChI is InChI=1S/C23H19ClFN3O3S2/c24-17-5-10-20-21(13-17)32-23(27-20)28(15-16-3-1-11-26-14-16)22(29)4-2-12-33(30,31)19-8-6-18(25)7-9-19/h1,3,5-11,13-14H,2,4,12,15H2. The number of nitrogens with zero attached hydrogens (tertiary/aromatic N) is 3. The van der Waals surface area contributed by atoms with Gasteiger partial charge in [0.15, 0.2) is 15.0 Å². The Hall–Kier alpha value is -2.88. The molecule has 2 aromatic heterocycles. The molecular formula is C23H19ClFN3O3S2. The van der Waals surface area contributed by atoms with Gasteiger partial charge in [-0.2, -0.15) is 0 Å². The second kappa shape index (κ2) is 9.94. The Balaban J connectivity index is 1.52. The lowest BCUT2D eigenvalue weighted by Crippen LogP contribution is -2.30. The molecule has 2 heterocycles. The van der Waals surface area contributed by atoms with E-state index in [1.807, 2.05) is 6.07 Å². The first-order valence-electron chi connectivity index (χ1n) is 10.1. The lowest BCUT2D eigenvalue weighted by molar-refractivity contribution is -0.118. The summed E-state index contributed by atoms with van der Waals surface area (Å²) in [5, 5.41) is 1.08. The molecule has 0 saturated carbocycles. The SMILES string of the molecule is O=C(CCCS(=O)(=O)c1ccc(F)cc1)N(Cc1cccnc1)c1nc2ccc(Cl)cc2s1. The third-order valence-corrected chi connectivity index (χ3v) is 8.00. The summed E-state index contributed by atoms with van der Waals surface area (Å²) in [6.07, 6.45) is 3.45. The van der Waals surface area contributed by atoms with Gasteiger partial charge in [-0.15, -0.1) is 0 Å². The Labute approximate surface area is 199 Å². The van der Waals surface area contributed by atoms with E-state index in [0.717, 1.165) is 27.9 Å². The van der Waals surface area contributed by atoms with E-state index in [1.54, 1.807) is 41.6 Å². The molecule has 10 heteroatoms. The molecule has 4 aromatic rings. The van der Waals surface area contributed by atoms with Gasteiger partial charge in [0, 0.05) is 23.8 Å². The fraction of sp³-hybridized carbons (Fsp3) is 0.174. The van der Waals surface area contributed by atoms with E-state index in [-0.39, 0.29) is 35.9 Å². The van der Waals surface area contributed by atoms with Crippen molar-refractivity contribution in [3.8, 4) is 0 Å². The van der Waals surface area contributed by atoms with Crippen LogP contribution in [0, 0.1) is 5.82 Å². The molecule has 0 spiro atoms. The first kappa shape index (κ1) is 23.3. The summed E-state index contributed by atoms with van der Waals surface area (Å²) in [5.41, 5.74) is 1.55. The third kappa shape index (κ3) is 5.73. The van der Waals surface area contributed by atoms with Gasteiger partial charge in [-0.1, -0.05) is 29.0 Å². The Bertz CT molecular complexity index is 1380. The van der Waals surface area contributed by atoms with Crippen LogP contribution in [0.3, 0.4) is 0 Å². The lowest BCUT2D eigenvalue weighted by atomic mass is 10.2. The molecule has 0 unspecified atom stereocenters. The fourth-order valence-electron chi connectivity index (χ4n) is 3.25. The molecule has 0 aliphatic carbocycles. The van der Waals surface area contributed by atoms with Crippen molar-refractivity contribution in [2.75, 3.05) is 10.7 Å². The van der Waals surface area contributed by atoms with Crippen LogP contribution in [0.25, 0.3) is 10.2 Å². The fourth-order valence-corrected chi connectivity index (χ4v) is 5.82. The van der Waals surface area contributed by atoms with Gasteiger partial charge in [0.2, 0.25) is 5.91 Å². The largest absolute Gasteiger partial charge is 0.284 e. The van der Waals surface area contributed by atoms with E-state index in [4.69, 9.17) is 11.6 Å². The van der Waals surface area contributed by atoms with Crippen molar-refractivity contribution in [1.29, 1.82) is 0 Å². The summed E-state index contributed by atoms with van der Waals surface area (Å²) in [6, 6.07) is 13.6. The topological polar surface area (TPSA) is 80.2 Å². The molecule has 2 aromatic carbocycles. The number of hydrogen-bond donors (Lipinski definition) is 0. The number of benzene rings is 2. The molecule has 4 rings (SSSR count). The zero-order valence-electron chi connectivity index (χ0n) is 17.3. The molecule has 0 aliphatic rings. The van der Waals surface area contributed by atoms with Crippen LogP contribution in [0.5, 0.6) is 0 Å². The minimum Gasteiger partial charge on any atom is -0.284 e. The van der Waals surface area contributed by atoms with Crippen molar-refractivity contribution in [1.82, 2.24) is 9.97 Å². The minimum atomic E-state index is -3.62. The predicted molar refractivity (Wildman–Crippen MR) is 128 cm³/mol. The number of carbonyl (C=O) groups is 1. The summed E-state index contributed by atoms with van der Waals surface area (Å²) >= 11 is 7.42. The summed E-state index contributed by atoms with van der Waals surface area (Å²) < 4.78 is 39.0. The molecule has 0 aliphatic heterocycles. The number of carbonyl (C=O) groups excluding carboxylic acids is 1. The summed E-state index contributed by atoms with van der Waals surface area (Å²) in [6.45, 7) is 0.255. The van der Waals surface area contributed by atoms with Crippen molar-refractivity contribution in [3.05, 3.63) is 83.4 Å². The van der Waals surface area contributed by atoms with Gasteiger partial charge < -0.3 is 0 Å². The zero-order chi connectivity index (χ0) is 23.4. The van der Waals surface area contributed by atoms with Gasteiger partial charge in [0.05, 0.1) is 27.4 Å². The number of pyridine rings is 1. The van der Waals surface area contributed by atoms with Gasteiger partial charge in [0.1, 0.15) is 5.82 Å². The van der Waals surface area contributed by atoms with Crippen LogP contribution in [0.4, 0.5) is 9.52 Å². The maximum absolute atomic E-state index is 13.2. The third-order valence-electron chi connectivity index (χ3n) is 4.91. The van der Waals surface area contributed by atoms with Gasteiger partial charge in [-0.05, 0) is 60.5 Å². The van der Waals surface area contributed by atoms with Crippen LogP contribution in [0.1, 0.15) is 18.4 Å². The number of hydrogen-bond acceptors (Lipinski definition) is 6. The molecule has 33 heavy (non-hydrogen) atoms. The van der Waals surface area contributed by atoms with Gasteiger partial charge in [0.25, 0.3) is 0 Å². The van der Waals surface area contributed by atoms with Crippen LogP contribution >= 0.6 is 22.9 Å². The first-order valence-corrected chi connectivity index (χ1v) is 12.9. The number of thiazole rings is 1. The maximum Gasteiger partial charge on any atom is 0.229 e. The minimum absolute atomic E-state index is 0.0113. The summed E-state index contributed by atoms with van der Waals surface area (Å²) in [5.74, 6) is -0.980. The second-order valence-corrected chi connectivity index (χ2v) is 10.9. The van der Waals surface area contributed by atoms with Crippen molar-refractivity contribution >= 4 is 54.0 Å². The Kier molecular flexibility index (Phi) is 7.02. The molecule has 0 fully saturated rings. The van der Waals surface area contributed by atoms with Crippen LogP contribution in [0.2, 0.25) is 5.02 Å². The van der Waals surface area contributed by atoms with Crippen LogP contribution < -0.4 is 4.90 Å². The Morgan fingerprint density at radius 3 is 2.64 bits per heavy atom. The average Bonchev–Trinajstić information content (AvgIpc) is 3.21. The van der Waals surface area contributed by atoms with Crippen molar-refractivity contribution in [3.63, 3.8) is 0 Å². The van der Waals surface area contributed by atoms with Gasteiger partial charge in [-0.25, -0.2) is 17.8 Å². The van der Waals surface area contributed by atoms with E-state index >= 15 is 0 Å². The van der Waals surface area contributed by atoms with E-state index in [0.29, 0.717) is 10.2 Å². The molecule has 170 valence electrons. The van der Waals surface area contributed by atoms with Crippen LogP contribution in [0.15, 0.2) is 71.9 Å². The predicted octanol–water partition coefficient (Wildman–Crippen LogP) is 5.27. The maximum atomic E-state index is 13.2. The molecule has 0 bridgehead atoms. The normalized spacial score (nSPS) is 11.6. The van der Waals surface area contributed by atoms with E-state index in [2.05, 4.69) is 9.97 Å². The molecule has 0 N–H and O–H groups in total. The molecular weight excluding hydrogens is 485 g/mol. The van der Waals surface area contributed by atoms with E-state index in [1.165, 1.54) is 23.5 Å². The van der Waals surface area contributed by atoms with Gasteiger partial charge >= 0.3 is 0 Å². The highest BCUT2D eigenvalue weighted by atomic mass is 35.5. The number of fused-ring (bicyclic) bond motifs is 1. The first-order chi connectivity index (χ1) is 15.8. The number of aromatic nitrogens is 2. The summed E-state index contributed by atoms with van der Waals surface area (Å²) in [4.78, 5) is 23.4. The lowest BCUT2D eigenvalue weighted by Gasteiger charge is -2.20. The zero-order valence-corrected chi connectivity index (χ0v) is 19.7. The van der Waals surface area contributed by atoms with Crippen molar-refractivity contribution < 1.29 is 17.6 Å². The van der Waals surface area contributed by atoms with Crippen molar-refractivity contribution in [2.45, 2.75) is 24.3 Å². The van der Waals surface area contributed by atoms with Crippen LogP contribution in [-0.4, -0.2) is 30.0 Å². The molecule has 1 amide bonds. The quantitative estimate of drug-likeness (QED) is 0.306.